The Morgan fingerprint density at radius 2 is 2.27 bits per heavy atom. The highest BCUT2D eigenvalue weighted by atomic mass is 32.1. The molecule has 2 nitrogen and oxygen atoms in total. The molecule has 0 fully saturated rings. The van der Waals surface area contributed by atoms with Crippen LogP contribution in [0, 0.1) is 0 Å². The zero-order valence-electron chi connectivity index (χ0n) is 8.56. The third-order valence-corrected chi connectivity index (χ3v) is 3.28. The summed E-state index contributed by atoms with van der Waals surface area (Å²) >= 11 is 1.77. The quantitative estimate of drug-likeness (QED) is 0.843. The number of aryl methyl sites for hydroxylation is 1. The first kappa shape index (κ1) is 10.5. The van der Waals surface area contributed by atoms with E-state index in [4.69, 9.17) is 10.2 Å². The van der Waals surface area contributed by atoms with Gasteiger partial charge in [-0.3, -0.25) is 0 Å². The molecule has 2 aromatic rings. The maximum Gasteiger partial charge on any atom is 0.103 e. The van der Waals surface area contributed by atoms with E-state index in [1.807, 2.05) is 12.1 Å². The molecule has 0 saturated carbocycles. The number of thiophene rings is 1. The lowest BCUT2D eigenvalue weighted by molar-refractivity contribution is 0.484. The van der Waals surface area contributed by atoms with Gasteiger partial charge in [-0.1, -0.05) is 6.07 Å². The normalized spacial score (nSPS) is 12.9. The van der Waals surface area contributed by atoms with Crippen molar-refractivity contribution in [3.63, 3.8) is 0 Å². The molecule has 2 rings (SSSR count). The van der Waals surface area contributed by atoms with Crippen LogP contribution in [0.3, 0.4) is 0 Å². The van der Waals surface area contributed by atoms with Crippen LogP contribution in [-0.2, 0) is 12.8 Å². The Morgan fingerprint density at radius 3 is 2.93 bits per heavy atom. The Morgan fingerprint density at radius 1 is 1.33 bits per heavy atom. The lowest BCUT2D eigenvalue weighted by Crippen LogP contribution is -2.22. The SMILES string of the molecule is NC(CCc1ccco1)Cc1cccs1. The molecule has 1 unspecified atom stereocenters. The fraction of sp³-hybridized carbons (Fsp3) is 0.333. The number of nitrogens with two attached hydrogens (primary N) is 1. The summed E-state index contributed by atoms with van der Waals surface area (Å²) in [6, 6.07) is 8.35. The summed E-state index contributed by atoms with van der Waals surface area (Å²) in [6.45, 7) is 0. The monoisotopic (exact) mass is 221 g/mol. The van der Waals surface area contributed by atoms with Gasteiger partial charge in [0.2, 0.25) is 0 Å². The van der Waals surface area contributed by atoms with E-state index in [1.54, 1.807) is 17.6 Å². The average molecular weight is 221 g/mol. The summed E-state index contributed by atoms with van der Waals surface area (Å²) in [4.78, 5) is 1.36. The van der Waals surface area contributed by atoms with Crippen molar-refractivity contribution in [3.05, 3.63) is 46.5 Å². The summed E-state index contributed by atoms with van der Waals surface area (Å²) in [5, 5.41) is 2.09. The third-order valence-electron chi connectivity index (χ3n) is 2.39. The minimum absolute atomic E-state index is 0.230. The van der Waals surface area contributed by atoms with E-state index < -0.39 is 0 Å². The number of hydrogen-bond acceptors (Lipinski definition) is 3. The Balaban J connectivity index is 1.76. The zero-order valence-corrected chi connectivity index (χ0v) is 9.37. The topological polar surface area (TPSA) is 39.2 Å². The van der Waals surface area contributed by atoms with Crippen molar-refractivity contribution in [2.24, 2.45) is 5.73 Å². The smallest absolute Gasteiger partial charge is 0.103 e. The number of furan rings is 1. The van der Waals surface area contributed by atoms with Crippen LogP contribution < -0.4 is 5.73 Å². The molecule has 0 aliphatic rings. The molecule has 15 heavy (non-hydrogen) atoms. The van der Waals surface area contributed by atoms with Crippen molar-refractivity contribution in [3.8, 4) is 0 Å². The molecule has 0 amide bonds. The average Bonchev–Trinajstić information content (AvgIpc) is 2.86. The van der Waals surface area contributed by atoms with E-state index in [-0.39, 0.29) is 6.04 Å². The van der Waals surface area contributed by atoms with Gasteiger partial charge in [-0.2, -0.15) is 0 Å². The van der Waals surface area contributed by atoms with Crippen LogP contribution in [0.5, 0.6) is 0 Å². The van der Waals surface area contributed by atoms with Gasteiger partial charge >= 0.3 is 0 Å². The second-order valence-corrected chi connectivity index (χ2v) is 4.69. The standard InChI is InChI=1S/C12H15NOS/c13-10(9-12-4-2-8-15-12)5-6-11-3-1-7-14-11/h1-4,7-8,10H,5-6,9,13H2. The van der Waals surface area contributed by atoms with Crippen LogP contribution in [0.25, 0.3) is 0 Å². The Hall–Kier alpha value is -1.06. The highest BCUT2D eigenvalue weighted by molar-refractivity contribution is 7.09. The van der Waals surface area contributed by atoms with Gasteiger partial charge in [0.15, 0.2) is 0 Å². The minimum Gasteiger partial charge on any atom is -0.469 e. The lowest BCUT2D eigenvalue weighted by Gasteiger charge is -2.08. The summed E-state index contributed by atoms with van der Waals surface area (Å²) in [5.74, 6) is 1.02. The van der Waals surface area contributed by atoms with Gasteiger partial charge in [-0.25, -0.2) is 0 Å². The van der Waals surface area contributed by atoms with Gasteiger partial charge in [0.25, 0.3) is 0 Å². The first-order valence-corrected chi connectivity index (χ1v) is 6.03. The third kappa shape index (κ3) is 3.22. The molecule has 2 N–H and O–H groups in total. The van der Waals surface area contributed by atoms with Crippen LogP contribution in [0.4, 0.5) is 0 Å². The first-order valence-electron chi connectivity index (χ1n) is 5.15. The molecule has 2 aromatic heterocycles. The maximum atomic E-state index is 6.05. The zero-order chi connectivity index (χ0) is 10.5. The molecular formula is C12H15NOS. The van der Waals surface area contributed by atoms with Crippen molar-refractivity contribution in [2.75, 3.05) is 0 Å². The van der Waals surface area contributed by atoms with Crippen LogP contribution in [0.2, 0.25) is 0 Å². The molecule has 0 spiro atoms. The van der Waals surface area contributed by atoms with Gasteiger partial charge < -0.3 is 10.2 Å². The Bertz CT molecular complexity index is 366. The molecule has 0 aliphatic heterocycles. The van der Waals surface area contributed by atoms with E-state index >= 15 is 0 Å². The van der Waals surface area contributed by atoms with E-state index in [0.29, 0.717) is 0 Å². The van der Waals surface area contributed by atoms with Gasteiger partial charge in [-0.15, -0.1) is 11.3 Å². The Kier molecular flexibility index (Phi) is 3.59. The summed E-state index contributed by atoms with van der Waals surface area (Å²) < 4.78 is 5.27. The Labute approximate surface area is 93.7 Å². The summed E-state index contributed by atoms with van der Waals surface area (Å²) in [5.41, 5.74) is 6.05. The predicted molar refractivity (Wildman–Crippen MR) is 63.0 cm³/mol. The second-order valence-electron chi connectivity index (χ2n) is 3.66. The first-order chi connectivity index (χ1) is 7.34. The van der Waals surface area contributed by atoms with Crippen molar-refractivity contribution in [1.29, 1.82) is 0 Å². The van der Waals surface area contributed by atoms with E-state index in [0.717, 1.165) is 25.0 Å². The van der Waals surface area contributed by atoms with Crippen LogP contribution in [0.1, 0.15) is 17.1 Å². The highest BCUT2D eigenvalue weighted by Gasteiger charge is 2.06. The van der Waals surface area contributed by atoms with Crippen LogP contribution in [0.15, 0.2) is 40.3 Å². The molecule has 0 saturated heterocycles. The van der Waals surface area contributed by atoms with Crippen LogP contribution in [-0.4, -0.2) is 6.04 Å². The molecular weight excluding hydrogens is 206 g/mol. The van der Waals surface area contributed by atoms with E-state index in [9.17, 15) is 0 Å². The van der Waals surface area contributed by atoms with Crippen molar-refractivity contribution in [2.45, 2.75) is 25.3 Å². The van der Waals surface area contributed by atoms with Gasteiger partial charge in [0.1, 0.15) is 5.76 Å². The van der Waals surface area contributed by atoms with Gasteiger partial charge in [0.05, 0.1) is 6.26 Å². The van der Waals surface area contributed by atoms with Crippen molar-refractivity contribution >= 4 is 11.3 Å². The predicted octanol–water partition coefficient (Wildman–Crippen LogP) is 2.84. The molecule has 0 aliphatic carbocycles. The fourth-order valence-corrected chi connectivity index (χ4v) is 2.37. The summed E-state index contributed by atoms with van der Waals surface area (Å²) in [7, 11) is 0. The largest absolute Gasteiger partial charge is 0.469 e. The van der Waals surface area contributed by atoms with E-state index in [2.05, 4.69) is 17.5 Å². The lowest BCUT2D eigenvalue weighted by atomic mass is 10.1. The van der Waals surface area contributed by atoms with Crippen molar-refractivity contribution < 1.29 is 4.42 Å². The minimum atomic E-state index is 0.230. The summed E-state index contributed by atoms with van der Waals surface area (Å²) in [6.07, 6.45) is 4.59. The molecule has 80 valence electrons. The maximum absolute atomic E-state index is 6.05. The highest BCUT2D eigenvalue weighted by Crippen LogP contribution is 2.13. The second kappa shape index (κ2) is 5.14. The van der Waals surface area contributed by atoms with E-state index in [1.165, 1.54) is 4.88 Å². The van der Waals surface area contributed by atoms with Gasteiger partial charge in [-0.05, 0) is 36.4 Å². The molecule has 2 heterocycles. The fourth-order valence-electron chi connectivity index (χ4n) is 1.57. The molecule has 0 bridgehead atoms. The molecule has 0 radical (unpaired) electrons. The van der Waals surface area contributed by atoms with Crippen LogP contribution >= 0.6 is 11.3 Å². The molecule has 0 aromatic carbocycles. The molecule has 1 atom stereocenters. The molecule has 3 heteroatoms. The van der Waals surface area contributed by atoms with Gasteiger partial charge in [0, 0.05) is 17.3 Å². The van der Waals surface area contributed by atoms with Crippen molar-refractivity contribution in [1.82, 2.24) is 0 Å². The number of hydrogen-bond donors (Lipinski definition) is 1. The number of rotatable bonds is 5.